The highest BCUT2D eigenvalue weighted by Gasteiger charge is 2.48. The summed E-state index contributed by atoms with van der Waals surface area (Å²) in [5.41, 5.74) is 8.80. The van der Waals surface area contributed by atoms with Gasteiger partial charge in [-0.1, -0.05) is 30.3 Å². The summed E-state index contributed by atoms with van der Waals surface area (Å²) >= 11 is 0. The number of anilines is 1. The second-order valence-corrected chi connectivity index (χ2v) is 9.65. The second-order valence-electron chi connectivity index (χ2n) is 9.65. The number of pyridine rings is 1. The van der Waals surface area contributed by atoms with Gasteiger partial charge in [-0.15, -0.1) is 0 Å². The highest BCUT2D eigenvalue weighted by atomic mass is 16.5. The summed E-state index contributed by atoms with van der Waals surface area (Å²) in [4.78, 5) is 19.4. The molecule has 1 aromatic carbocycles. The maximum atomic E-state index is 13.4. The molecule has 2 aliphatic heterocycles. The van der Waals surface area contributed by atoms with Crippen LogP contribution in [0.3, 0.4) is 0 Å². The van der Waals surface area contributed by atoms with Crippen molar-refractivity contribution in [2.45, 2.75) is 43.4 Å². The third-order valence-corrected chi connectivity index (χ3v) is 7.66. The van der Waals surface area contributed by atoms with Gasteiger partial charge in [0.05, 0.1) is 42.2 Å². The molecule has 1 aliphatic carbocycles. The van der Waals surface area contributed by atoms with Gasteiger partial charge >= 0.3 is 6.03 Å². The van der Waals surface area contributed by atoms with E-state index in [1.165, 1.54) is 5.56 Å². The van der Waals surface area contributed by atoms with Crippen molar-refractivity contribution >= 4 is 11.8 Å². The molecule has 1 atom stereocenters. The van der Waals surface area contributed by atoms with Gasteiger partial charge in [-0.2, -0.15) is 10.4 Å². The molecular formula is C26H27N7O2. The van der Waals surface area contributed by atoms with Crippen LogP contribution in [0.2, 0.25) is 0 Å². The first-order chi connectivity index (χ1) is 17.0. The van der Waals surface area contributed by atoms with Gasteiger partial charge in [0.25, 0.3) is 0 Å². The number of carbonyl (C=O) groups is 1. The first-order valence-corrected chi connectivity index (χ1v) is 12.0. The van der Waals surface area contributed by atoms with Gasteiger partial charge in [-0.25, -0.2) is 9.78 Å². The molecule has 1 saturated heterocycles. The quantitative estimate of drug-likeness (QED) is 0.608. The highest BCUT2D eigenvalue weighted by molar-refractivity contribution is 5.76. The lowest BCUT2D eigenvalue weighted by Gasteiger charge is -2.44. The van der Waals surface area contributed by atoms with Crippen molar-refractivity contribution in [1.29, 1.82) is 5.26 Å². The average Bonchev–Trinajstić information content (AvgIpc) is 3.49. The second kappa shape index (κ2) is 8.10. The Hall–Kier alpha value is -3.90. The van der Waals surface area contributed by atoms with E-state index >= 15 is 0 Å². The first kappa shape index (κ1) is 21.6. The number of hydrogen-bond donors (Lipinski definition) is 2. The number of nitrogens with two attached hydrogens (primary N) is 1. The predicted octanol–water partition coefficient (Wildman–Crippen LogP) is 3.12. The number of fused-ring (bicyclic) bond motifs is 2. The zero-order chi connectivity index (χ0) is 24.0. The third-order valence-electron chi connectivity index (χ3n) is 7.66. The van der Waals surface area contributed by atoms with Gasteiger partial charge in [-0.05, 0) is 37.0 Å². The van der Waals surface area contributed by atoms with Crippen LogP contribution in [0, 0.1) is 11.3 Å². The maximum Gasteiger partial charge on any atom is 0.318 e. The molecule has 3 aromatic rings. The maximum absolute atomic E-state index is 13.4. The molecular weight excluding hydrogens is 442 g/mol. The summed E-state index contributed by atoms with van der Waals surface area (Å²) in [6, 6.07) is 16.0. The van der Waals surface area contributed by atoms with Crippen molar-refractivity contribution < 1.29 is 9.53 Å². The average molecular weight is 470 g/mol. The molecule has 0 unspecified atom stereocenters. The Morgan fingerprint density at radius 2 is 2.00 bits per heavy atom. The minimum atomic E-state index is -0.598. The zero-order valence-electron chi connectivity index (χ0n) is 19.4. The number of carbonyl (C=O) groups excluding carboxylic acids is 1. The molecule has 9 heteroatoms. The monoisotopic (exact) mass is 469 g/mol. The van der Waals surface area contributed by atoms with Crippen LogP contribution in [0.1, 0.15) is 42.5 Å². The van der Waals surface area contributed by atoms with E-state index in [1.54, 1.807) is 12.3 Å². The zero-order valence-corrected chi connectivity index (χ0v) is 19.4. The topological polar surface area (TPSA) is 122 Å². The molecule has 3 aliphatic rings. The number of nitrogens with zero attached hydrogens (tertiary/aromatic N) is 5. The molecule has 4 heterocycles. The summed E-state index contributed by atoms with van der Waals surface area (Å²) in [5.74, 6) is 0.206. The van der Waals surface area contributed by atoms with E-state index in [1.807, 2.05) is 33.8 Å². The Balaban J connectivity index is 1.24. The number of rotatable bonds is 3. The Morgan fingerprint density at radius 3 is 2.74 bits per heavy atom. The lowest BCUT2D eigenvalue weighted by molar-refractivity contribution is -0.0703. The number of likely N-dealkylation sites (tertiary alicyclic amines) is 1. The fourth-order valence-corrected chi connectivity index (χ4v) is 5.54. The minimum Gasteiger partial charge on any atom is -0.383 e. The van der Waals surface area contributed by atoms with Crippen molar-refractivity contribution in [2.75, 3.05) is 25.4 Å². The molecule has 178 valence electrons. The number of benzene rings is 1. The van der Waals surface area contributed by atoms with Crippen LogP contribution in [-0.2, 0) is 22.4 Å². The summed E-state index contributed by atoms with van der Waals surface area (Å²) in [6.45, 7) is 2.24. The lowest BCUT2D eigenvalue weighted by atomic mass is 9.72. The number of nitriles is 1. The summed E-state index contributed by atoms with van der Waals surface area (Å²) in [6.07, 6.45) is 5.35. The van der Waals surface area contributed by atoms with E-state index in [2.05, 4.69) is 28.5 Å². The van der Waals surface area contributed by atoms with Gasteiger partial charge in [0.15, 0.2) is 0 Å². The Kier molecular flexibility index (Phi) is 5.00. The van der Waals surface area contributed by atoms with Crippen LogP contribution in [0.5, 0.6) is 0 Å². The number of nitrogen functional groups attached to an aromatic ring is 1. The van der Waals surface area contributed by atoms with Crippen LogP contribution < -0.4 is 11.1 Å². The highest BCUT2D eigenvalue weighted by Crippen LogP contribution is 2.43. The predicted molar refractivity (Wildman–Crippen MR) is 129 cm³/mol. The standard InChI is InChI=1S/C26H27N7O2/c27-15-18-13-19(16-29-23(18)28)21-14-22-26(35-12-11-33(22)31-21)9-10-32(17-26)24(34)30-25(7-4-8-25)20-5-2-1-3-6-20/h1-3,5-6,13-14,16H,4,7-12,17H2,(H2,28,29)(H,30,34)/t26-/m1/s1. The van der Waals surface area contributed by atoms with E-state index in [9.17, 15) is 10.1 Å². The number of hydrogen-bond acceptors (Lipinski definition) is 6. The number of ether oxygens (including phenoxy) is 1. The van der Waals surface area contributed by atoms with E-state index in [4.69, 9.17) is 15.6 Å². The third kappa shape index (κ3) is 3.53. The summed E-state index contributed by atoms with van der Waals surface area (Å²) < 4.78 is 8.29. The van der Waals surface area contributed by atoms with Crippen LogP contribution >= 0.6 is 0 Å². The number of nitrogens with one attached hydrogen (secondary N) is 1. The lowest BCUT2D eigenvalue weighted by Crippen LogP contribution is -2.55. The minimum absolute atomic E-state index is 0.0488. The molecule has 3 N–H and O–H groups in total. The van der Waals surface area contributed by atoms with Crippen LogP contribution in [0.25, 0.3) is 11.3 Å². The van der Waals surface area contributed by atoms with Crippen LogP contribution in [-0.4, -0.2) is 45.4 Å². The molecule has 0 radical (unpaired) electrons. The number of urea groups is 1. The molecule has 2 fully saturated rings. The molecule has 1 spiro atoms. The van der Waals surface area contributed by atoms with Crippen molar-refractivity contribution in [3.8, 4) is 17.3 Å². The molecule has 0 bridgehead atoms. The van der Waals surface area contributed by atoms with Crippen LogP contribution in [0.4, 0.5) is 10.6 Å². The fraction of sp³-hybridized carbons (Fsp3) is 0.385. The summed E-state index contributed by atoms with van der Waals surface area (Å²) in [5, 5.41) is 17.4. The number of amides is 2. The Morgan fingerprint density at radius 1 is 1.17 bits per heavy atom. The molecule has 35 heavy (non-hydrogen) atoms. The molecule has 1 saturated carbocycles. The SMILES string of the molecule is N#Cc1cc(-c2cc3n(n2)CCO[C@@]32CCN(C(=O)NC3(c4ccccc4)CCC3)C2)cnc1N. The van der Waals surface area contributed by atoms with Crippen molar-refractivity contribution in [2.24, 2.45) is 0 Å². The van der Waals surface area contributed by atoms with Crippen molar-refractivity contribution in [1.82, 2.24) is 25.0 Å². The van der Waals surface area contributed by atoms with E-state index in [-0.39, 0.29) is 17.4 Å². The van der Waals surface area contributed by atoms with Gasteiger partial charge in [0, 0.05) is 24.7 Å². The van der Waals surface area contributed by atoms with Crippen LogP contribution in [0.15, 0.2) is 48.7 Å². The van der Waals surface area contributed by atoms with Crippen molar-refractivity contribution in [3.63, 3.8) is 0 Å². The van der Waals surface area contributed by atoms with Gasteiger partial charge < -0.3 is 20.7 Å². The van der Waals surface area contributed by atoms with E-state index < -0.39 is 5.60 Å². The fourth-order valence-electron chi connectivity index (χ4n) is 5.54. The summed E-state index contributed by atoms with van der Waals surface area (Å²) in [7, 11) is 0. The smallest absolute Gasteiger partial charge is 0.318 e. The van der Waals surface area contributed by atoms with E-state index in [0.29, 0.717) is 43.9 Å². The van der Waals surface area contributed by atoms with Gasteiger partial charge in [0.2, 0.25) is 0 Å². The van der Waals surface area contributed by atoms with Gasteiger partial charge in [-0.3, -0.25) is 4.68 Å². The van der Waals surface area contributed by atoms with Gasteiger partial charge in [0.1, 0.15) is 17.5 Å². The molecule has 9 nitrogen and oxygen atoms in total. The normalized spacial score (nSPS) is 22.3. The first-order valence-electron chi connectivity index (χ1n) is 12.0. The Bertz CT molecular complexity index is 1330. The van der Waals surface area contributed by atoms with Crippen molar-refractivity contribution in [3.05, 3.63) is 65.5 Å². The molecule has 2 aromatic heterocycles. The van der Waals surface area contributed by atoms with E-state index in [0.717, 1.165) is 30.5 Å². The molecule has 2 amide bonds. The number of aromatic nitrogens is 3. The largest absolute Gasteiger partial charge is 0.383 e. The molecule has 6 rings (SSSR count). The Labute approximate surface area is 203 Å².